The van der Waals surface area contributed by atoms with Gasteiger partial charge in [0, 0.05) is 89.6 Å². The van der Waals surface area contributed by atoms with E-state index in [0.29, 0.717) is 197 Å². The van der Waals surface area contributed by atoms with Crippen LogP contribution < -0.4 is 5.73 Å². The highest BCUT2D eigenvalue weighted by atomic mass is 32.2. The van der Waals surface area contributed by atoms with Crippen molar-refractivity contribution in [3.05, 3.63) is 29.8 Å². The molecule has 0 aliphatic heterocycles. The molecule has 0 saturated carbocycles. The van der Waals surface area contributed by atoms with Crippen LogP contribution in [0.5, 0.6) is 0 Å². The van der Waals surface area contributed by atoms with Gasteiger partial charge in [0.15, 0.2) is 0 Å². The summed E-state index contributed by atoms with van der Waals surface area (Å²) in [4.78, 5) is 0.143. The lowest BCUT2D eigenvalue weighted by Gasteiger charge is -2.24. The van der Waals surface area contributed by atoms with E-state index in [1.807, 2.05) is 6.92 Å². The minimum absolute atomic E-state index is 0.0314. The summed E-state index contributed by atoms with van der Waals surface area (Å²) in [5.41, 5.74) is 6.34. The fourth-order valence-corrected chi connectivity index (χ4v) is 11.4. The molecule has 0 amide bonds. The van der Waals surface area contributed by atoms with Gasteiger partial charge in [-0.2, -0.15) is 8.42 Å². The van der Waals surface area contributed by atoms with Crippen LogP contribution in [0.25, 0.3) is 0 Å². The van der Waals surface area contributed by atoms with Gasteiger partial charge in [-0.05, 0) is 44.9 Å². The summed E-state index contributed by atoms with van der Waals surface area (Å²) in [6, 6.07) is 7.89. The van der Waals surface area contributed by atoms with Crippen LogP contribution >= 0.6 is 0 Å². The Balaban J connectivity index is -0.000000405. The summed E-state index contributed by atoms with van der Waals surface area (Å²) in [5.74, 6) is -9.34. The molecule has 0 radical (unpaired) electrons. The molecule has 0 atom stereocenters. The molecule has 1 aromatic carbocycles. The smallest absolute Gasteiger partial charge is 0.394 e. The Morgan fingerprint density at radius 1 is 0.340 bits per heavy atom. The van der Waals surface area contributed by atoms with Gasteiger partial charge in [-0.15, -0.1) is 0 Å². The van der Waals surface area contributed by atoms with E-state index in [1.165, 1.54) is 12.1 Å². The molecule has 41 heteroatoms. The number of alkyl halides is 6. The SMILES string of the molecule is COCCOCCOCCOCCO.COCCOCCOCCOCCOCC(F)(F)CCCCC[Si](OC)(OC)OC.COCCOCCOCCOCCOCC(F)(F)CO.COCCOCCOCCOCCOS(=O)(=O)c1ccc(C)cc1.CO[Si](CCCN)(OC)OC.OCC(F)(F)CO. The molecule has 0 aromatic heterocycles. The van der Waals surface area contributed by atoms with Gasteiger partial charge < -0.3 is 138 Å². The highest BCUT2D eigenvalue weighted by molar-refractivity contribution is 7.86. The van der Waals surface area contributed by atoms with Gasteiger partial charge in [0.1, 0.15) is 33.0 Å². The number of ether oxygens (including phenoxy) is 18. The maximum atomic E-state index is 13.8. The molecule has 640 valence electrons. The topological polar surface area (TPSA) is 372 Å². The quantitative estimate of drug-likeness (QED) is 0.0266. The third-order valence-electron chi connectivity index (χ3n) is 12.9. The minimum Gasteiger partial charge on any atom is -0.394 e. The van der Waals surface area contributed by atoms with Crippen molar-refractivity contribution in [1.82, 2.24) is 0 Å². The zero-order chi connectivity index (χ0) is 80.5. The Morgan fingerprint density at radius 3 is 0.868 bits per heavy atom. The molecule has 0 heterocycles. The van der Waals surface area contributed by atoms with E-state index >= 15 is 0 Å². The van der Waals surface area contributed by atoms with Crippen molar-refractivity contribution in [1.29, 1.82) is 0 Å². The van der Waals surface area contributed by atoms with Crippen molar-refractivity contribution in [2.24, 2.45) is 5.73 Å². The van der Waals surface area contributed by atoms with Crippen LogP contribution in [0.1, 0.15) is 37.7 Å². The van der Waals surface area contributed by atoms with Crippen LogP contribution in [0, 0.1) is 6.92 Å². The standard InChI is InChI=1S/C19H40F2O8Si.C16H26O7S.C12H24F2O6.C9H20O5.C6H17NO3Si.C3H6F2O2/c1-22-9-10-26-11-12-27-13-14-28-15-16-29-18-19(20,21)8-6-5-7-17-30(23-2,24-3)25-4;1-15-3-5-16(6-4-15)24(17,18)23-14-13-22-12-11-21-10-9-20-8-7-19-2;1-16-2-3-17-4-5-18-6-7-19-8-9-20-11-12(13,14)10-15;1-11-4-5-13-8-9-14-7-6-12-3-2-10;1-8-11(9-2,10-3)6-4-5-7;4-3(5,1-6)2-7/h5-18H2,1-4H3;3-6H,7-14H2,1-2H3;15H,2-11H2,1H3;10H,2-9H2,1H3;4-7H2,1-3H3;6-7H,1-2H2. The van der Waals surface area contributed by atoms with E-state index in [4.69, 9.17) is 137 Å². The molecule has 0 aliphatic rings. The van der Waals surface area contributed by atoms with Gasteiger partial charge in [0.25, 0.3) is 27.9 Å². The van der Waals surface area contributed by atoms with Gasteiger partial charge >= 0.3 is 17.6 Å². The van der Waals surface area contributed by atoms with Crippen molar-refractivity contribution < 1.29 is 171 Å². The van der Waals surface area contributed by atoms with E-state index in [9.17, 15) is 34.8 Å². The molecule has 1 aromatic rings. The summed E-state index contributed by atoms with van der Waals surface area (Å²) >= 11 is 0. The summed E-state index contributed by atoms with van der Waals surface area (Å²) in [6.45, 7) is 10.5. The number of aliphatic hydroxyl groups excluding tert-OH is 4. The molecule has 0 saturated heterocycles. The van der Waals surface area contributed by atoms with Gasteiger partial charge in [-0.1, -0.05) is 24.1 Å². The Hall–Kier alpha value is -2.02. The van der Waals surface area contributed by atoms with E-state index in [1.54, 1.807) is 83.2 Å². The second kappa shape index (κ2) is 82.4. The number of rotatable bonds is 71. The zero-order valence-corrected chi connectivity index (χ0v) is 67.5. The number of aryl methyl sites for hydroxylation is 1. The van der Waals surface area contributed by atoms with Crippen molar-refractivity contribution in [3.63, 3.8) is 0 Å². The van der Waals surface area contributed by atoms with Crippen molar-refractivity contribution in [2.45, 2.75) is 73.8 Å². The second-order valence-corrected chi connectivity index (χ2v) is 29.1. The van der Waals surface area contributed by atoms with Crippen molar-refractivity contribution in [2.75, 3.05) is 322 Å². The number of hydrogen-bond acceptors (Lipinski definition) is 32. The van der Waals surface area contributed by atoms with Crippen LogP contribution in [-0.4, -0.2) is 386 Å². The first-order chi connectivity index (χ1) is 50.9. The van der Waals surface area contributed by atoms with Crippen molar-refractivity contribution >= 4 is 27.7 Å². The van der Waals surface area contributed by atoms with E-state index in [-0.39, 0.29) is 57.6 Å². The molecule has 6 N–H and O–H groups in total. The molecule has 32 nitrogen and oxygen atoms in total. The first kappa shape index (κ1) is 113. The average molecular weight is 1630 g/mol. The van der Waals surface area contributed by atoms with Gasteiger partial charge in [-0.25, -0.2) is 26.3 Å². The number of aliphatic hydroxyl groups is 4. The number of halogens is 6. The Labute approximate surface area is 628 Å². The van der Waals surface area contributed by atoms with Crippen LogP contribution in [0.4, 0.5) is 26.3 Å². The second-order valence-electron chi connectivity index (χ2n) is 21.3. The van der Waals surface area contributed by atoms with Crippen LogP contribution in [-0.2, 0) is 126 Å². The monoisotopic (exact) mass is 1630 g/mol. The first-order valence-electron chi connectivity index (χ1n) is 34.5. The third-order valence-corrected chi connectivity index (χ3v) is 19.8. The maximum Gasteiger partial charge on any atom is 0.500 e. The molecule has 0 unspecified atom stereocenters. The summed E-state index contributed by atoms with van der Waals surface area (Å²) in [6.07, 6.45) is 2.44. The molecule has 0 spiro atoms. The normalized spacial score (nSPS) is 11.9. The molecular weight excluding hydrogens is 1490 g/mol. The molecule has 106 heavy (non-hydrogen) atoms. The number of benzene rings is 1. The first-order valence-corrected chi connectivity index (χ1v) is 39.8. The fraction of sp³-hybridized carbons (Fsp3) is 0.908. The summed E-state index contributed by atoms with van der Waals surface area (Å²) < 4.78 is 227. The van der Waals surface area contributed by atoms with Crippen molar-refractivity contribution in [3.8, 4) is 0 Å². The predicted octanol–water partition coefficient (Wildman–Crippen LogP) is 3.99. The Kier molecular flexibility index (Phi) is 87.5. The number of nitrogens with two attached hydrogens (primary N) is 1. The zero-order valence-electron chi connectivity index (χ0n) is 64.7. The molecule has 0 fully saturated rings. The van der Waals surface area contributed by atoms with Crippen LogP contribution in [0.2, 0.25) is 12.1 Å². The predicted molar refractivity (Wildman–Crippen MR) is 382 cm³/mol. The Bertz CT molecular complexity index is 1970. The highest BCUT2D eigenvalue weighted by Crippen LogP contribution is 2.24. The number of hydrogen-bond donors (Lipinski definition) is 5. The minimum atomic E-state index is -3.73. The van der Waals surface area contributed by atoms with Gasteiger partial charge in [0.05, 0.1) is 216 Å². The van der Waals surface area contributed by atoms with Crippen LogP contribution in [0.3, 0.4) is 0 Å². The number of methoxy groups -OCH3 is 4. The summed E-state index contributed by atoms with van der Waals surface area (Å²) in [5, 5.41) is 32.1. The lowest BCUT2D eigenvalue weighted by molar-refractivity contribution is -0.113. The lowest BCUT2D eigenvalue weighted by Crippen LogP contribution is -2.42. The number of unbranched alkanes of at least 4 members (excludes halogenated alkanes) is 2. The Morgan fingerprint density at radius 2 is 0.604 bits per heavy atom. The third kappa shape index (κ3) is 80.0. The highest BCUT2D eigenvalue weighted by Gasteiger charge is 2.38. The van der Waals surface area contributed by atoms with E-state index in [2.05, 4.69) is 4.74 Å². The fourth-order valence-electron chi connectivity index (χ4n) is 6.96. The van der Waals surface area contributed by atoms with Crippen LogP contribution in [0.15, 0.2) is 29.2 Å². The lowest BCUT2D eigenvalue weighted by atomic mass is 10.1. The molecule has 0 bridgehead atoms. The van der Waals surface area contributed by atoms with Gasteiger partial charge in [-0.3, -0.25) is 4.18 Å². The molecule has 1 rings (SSSR count). The summed E-state index contributed by atoms with van der Waals surface area (Å²) in [7, 11) is 7.27. The maximum absolute atomic E-state index is 13.8. The largest absolute Gasteiger partial charge is 0.500 e. The average Bonchev–Trinajstić information content (AvgIpc) is 0.871. The van der Waals surface area contributed by atoms with E-state index < -0.39 is 78.5 Å². The molecule has 0 aliphatic carbocycles. The van der Waals surface area contributed by atoms with E-state index in [0.717, 1.165) is 18.0 Å². The van der Waals surface area contributed by atoms with Gasteiger partial charge in [0.2, 0.25) is 0 Å². The molecular formula is C65H133F6NO31SSi2.